The summed E-state index contributed by atoms with van der Waals surface area (Å²) in [5.74, 6) is -0.122. The molecule has 0 aliphatic rings. The topological polar surface area (TPSA) is 81.3 Å². The van der Waals surface area contributed by atoms with E-state index < -0.39 is 5.82 Å². The molecule has 2 aromatic heterocycles. The van der Waals surface area contributed by atoms with Crippen molar-refractivity contribution in [2.45, 2.75) is 13.5 Å². The Morgan fingerprint density at radius 2 is 2.04 bits per heavy atom. The molecule has 0 unspecified atom stereocenters. The van der Waals surface area contributed by atoms with Gasteiger partial charge >= 0.3 is 0 Å². The Morgan fingerprint density at radius 3 is 2.74 bits per heavy atom. The van der Waals surface area contributed by atoms with Crippen LogP contribution in [0, 0.1) is 5.82 Å². The monoisotopic (exact) mass is 366 g/mol. The average molecular weight is 366 g/mol. The minimum Gasteiger partial charge on any atom is -0.494 e. The van der Waals surface area contributed by atoms with Crippen molar-refractivity contribution in [2.75, 3.05) is 17.7 Å². The number of nitrogens with two attached hydrogens (primary N) is 1. The second-order valence-corrected chi connectivity index (χ2v) is 6.11. The zero-order chi connectivity index (χ0) is 19.6. The molecule has 27 heavy (non-hydrogen) atoms. The summed E-state index contributed by atoms with van der Waals surface area (Å²) in [5.41, 5.74) is 8.58. The molecule has 0 saturated carbocycles. The quantitative estimate of drug-likeness (QED) is 0.699. The molecule has 2 heterocycles. The summed E-state index contributed by atoms with van der Waals surface area (Å²) in [6, 6.07) is 9.27. The molecule has 3 rings (SSSR count). The van der Waals surface area contributed by atoms with Gasteiger partial charge in [-0.15, -0.1) is 0 Å². The predicted octanol–water partition coefficient (Wildman–Crippen LogP) is 3.47. The second kappa shape index (κ2) is 7.41. The summed E-state index contributed by atoms with van der Waals surface area (Å²) in [6.45, 7) is 5.53. The summed E-state index contributed by atoms with van der Waals surface area (Å²) in [7, 11) is 1.42. The number of pyridine rings is 2. The van der Waals surface area contributed by atoms with Crippen molar-refractivity contribution in [2.24, 2.45) is 0 Å². The Kier molecular flexibility index (Phi) is 5.03. The van der Waals surface area contributed by atoms with Crippen LogP contribution in [0.25, 0.3) is 11.0 Å². The summed E-state index contributed by atoms with van der Waals surface area (Å²) in [5, 5.41) is 0. The molecule has 0 fully saturated rings. The van der Waals surface area contributed by atoms with Crippen LogP contribution in [-0.4, -0.2) is 23.0 Å². The highest BCUT2D eigenvalue weighted by Gasteiger charge is 2.21. The molecule has 0 radical (unpaired) electrons. The van der Waals surface area contributed by atoms with Gasteiger partial charge in [-0.2, -0.15) is 0 Å². The molecule has 3 aromatic rings. The molecular weight excluding hydrogens is 347 g/mol. The first-order chi connectivity index (χ1) is 12.9. The Balaban J connectivity index is 2.04. The Morgan fingerprint density at radius 1 is 1.26 bits per heavy atom. The lowest BCUT2D eigenvalue weighted by molar-refractivity contribution is -0.115. The maximum atomic E-state index is 13.6. The number of methoxy groups -OCH3 is 1. The predicted molar refractivity (Wildman–Crippen MR) is 103 cm³/mol. The van der Waals surface area contributed by atoms with Crippen molar-refractivity contribution in [3.8, 4) is 5.75 Å². The van der Waals surface area contributed by atoms with E-state index >= 15 is 0 Å². The first-order valence-corrected chi connectivity index (χ1v) is 8.21. The number of benzene rings is 1. The van der Waals surface area contributed by atoms with E-state index in [0.717, 1.165) is 5.56 Å². The van der Waals surface area contributed by atoms with Crippen LogP contribution in [0.3, 0.4) is 0 Å². The number of amides is 1. The fourth-order valence-electron chi connectivity index (χ4n) is 2.70. The van der Waals surface area contributed by atoms with Gasteiger partial charge in [0.2, 0.25) is 0 Å². The number of halogens is 1. The standard InChI is InChI=1S/C20H19FN4O2/c1-12(2)20(26)25(17-6-4-14(21)9-18(17)27-3)11-13-8-16-15(23-10-13)5-7-19(22)24-16/h4-10H,1,11H2,2-3H3,(H2,22,24). The van der Waals surface area contributed by atoms with E-state index in [1.807, 2.05) is 6.07 Å². The van der Waals surface area contributed by atoms with E-state index in [1.165, 1.54) is 30.2 Å². The fourth-order valence-corrected chi connectivity index (χ4v) is 2.70. The van der Waals surface area contributed by atoms with Crippen LogP contribution in [-0.2, 0) is 11.3 Å². The van der Waals surface area contributed by atoms with Crippen molar-refractivity contribution in [1.82, 2.24) is 9.97 Å². The molecule has 7 heteroatoms. The minimum atomic E-state index is -0.453. The largest absolute Gasteiger partial charge is 0.494 e. The van der Waals surface area contributed by atoms with Gasteiger partial charge in [0.1, 0.15) is 17.4 Å². The van der Waals surface area contributed by atoms with E-state index in [2.05, 4.69) is 16.5 Å². The maximum absolute atomic E-state index is 13.6. The molecule has 0 aliphatic heterocycles. The summed E-state index contributed by atoms with van der Waals surface area (Å²) >= 11 is 0. The third-order valence-corrected chi connectivity index (χ3v) is 4.00. The van der Waals surface area contributed by atoms with E-state index in [9.17, 15) is 9.18 Å². The third kappa shape index (κ3) is 3.87. The smallest absolute Gasteiger partial charge is 0.253 e. The van der Waals surface area contributed by atoms with Gasteiger partial charge in [0.05, 0.1) is 30.4 Å². The average Bonchev–Trinajstić information content (AvgIpc) is 2.65. The summed E-state index contributed by atoms with van der Waals surface area (Å²) in [4.78, 5) is 22.8. The SMILES string of the molecule is C=C(C)C(=O)N(Cc1cnc2ccc(N)nc2c1)c1ccc(F)cc1OC. The molecule has 0 atom stereocenters. The van der Waals surface area contributed by atoms with Crippen LogP contribution in [0.2, 0.25) is 0 Å². The lowest BCUT2D eigenvalue weighted by Gasteiger charge is -2.25. The molecule has 6 nitrogen and oxygen atoms in total. The molecule has 0 aliphatic carbocycles. The Bertz CT molecular complexity index is 1040. The van der Waals surface area contributed by atoms with Crippen molar-refractivity contribution < 1.29 is 13.9 Å². The van der Waals surface area contributed by atoms with Gasteiger partial charge < -0.3 is 15.4 Å². The summed E-state index contributed by atoms with van der Waals surface area (Å²) in [6.07, 6.45) is 1.66. The Labute approximate surface area is 156 Å². The number of ether oxygens (including phenoxy) is 1. The van der Waals surface area contributed by atoms with Crippen LogP contribution in [0.1, 0.15) is 12.5 Å². The van der Waals surface area contributed by atoms with Crippen LogP contribution in [0.15, 0.2) is 54.7 Å². The van der Waals surface area contributed by atoms with Gasteiger partial charge in [0.15, 0.2) is 0 Å². The van der Waals surface area contributed by atoms with E-state index in [-0.39, 0.29) is 18.2 Å². The van der Waals surface area contributed by atoms with Gasteiger partial charge in [-0.05, 0) is 42.8 Å². The highest BCUT2D eigenvalue weighted by Crippen LogP contribution is 2.31. The first-order valence-electron chi connectivity index (χ1n) is 8.21. The molecule has 1 aromatic carbocycles. The highest BCUT2D eigenvalue weighted by molar-refractivity contribution is 6.05. The number of aromatic nitrogens is 2. The van der Waals surface area contributed by atoms with Gasteiger partial charge in [-0.25, -0.2) is 9.37 Å². The molecule has 2 N–H and O–H groups in total. The van der Waals surface area contributed by atoms with Gasteiger partial charge in [-0.1, -0.05) is 6.58 Å². The van der Waals surface area contributed by atoms with Gasteiger partial charge in [-0.3, -0.25) is 9.78 Å². The number of nitrogens with zero attached hydrogens (tertiary/aromatic N) is 3. The fraction of sp³-hybridized carbons (Fsp3) is 0.150. The minimum absolute atomic E-state index is 0.188. The van der Waals surface area contributed by atoms with Crippen LogP contribution >= 0.6 is 0 Å². The number of rotatable bonds is 5. The highest BCUT2D eigenvalue weighted by atomic mass is 19.1. The van der Waals surface area contributed by atoms with Crippen molar-refractivity contribution in [3.63, 3.8) is 0 Å². The second-order valence-electron chi connectivity index (χ2n) is 6.11. The van der Waals surface area contributed by atoms with Crippen LogP contribution < -0.4 is 15.4 Å². The maximum Gasteiger partial charge on any atom is 0.253 e. The molecule has 1 amide bonds. The van der Waals surface area contributed by atoms with Crippen molar-refractivity contribution in [1.29, 1.82) is 0 Å². The summed E-state index contributed by atoms with van der Waals surface area (Å²) < 4.78 is 18.8. The zero-order valence-corrected chi connectivity index (χ0v) is 15.1. The van der Waals surface area contributed by atoms with Crippen molar-refractivity contribution in [3.05, 3.63) is 66.1 Å². The number of carbonyl (C=O) groups is 1. The first kappa shape index (κ1) is 18.3. The van der Waals surface area contributed by atoms with E-state index in [4.69, 9.17) is 10.5 Å². The lowest BCUT2D eigenvalue weighted by atomic mass is 10.1. The van der Waals surface area contributed by atoms with Crippen molar-refractivity contribution >= 4 is 28.4 Å². The number of nitrogen functional groups attached to an aromatic ring is 1. The number of anilines is 2. The molecule has 138 valence electrons. The molecule has 0 saturated heterocycles. The van der Waals surface area contributed by atoms with E-state index in [1.54, 1.807) is 25.3 Å². The van der Waals surface area contributed by atoms with Crippen LogP contribution in [0.4, 0.5) is 15.9 Å². The molecular formula is C20H19FN4O2. The third-order valence-electron chi connectivity index (χ3n) is 4.00. The number of hydrogen-bond acceptors (Lipinski definition) is 5. The normalized spacial score (nSPS) is 10.6. The van der Waals surface area contributed by atoms with Gasteiger partial charge in [0, 0.05) is 17.8 Å². The van der Waals surface area contributed by atoms with E-state index in [0.29, 0.717) is 28.1 Å². The number of carbonyl (C=O) groups excluding carboxylic acids is 1. The molecule has 0 spiro atoms. The number of fused-ring (bicyclic) bond motifs is 1. The lowest BCUT2D eigenvalue weighted by Crippen LogP contribution is -2.31. The zero-order valence-electron chi connectivity index (χ0n) is 15.1. The number of hydrogen-bond donors (Lipinski definition) is 1. The van der Waals surface area contributed by atoms with Crippen LogP contribution in [0.5, 0.6) is 5.75 Å². The van der Waals surface area contributed by atoms with Gasteiger partial charge in [0.25, 0.3) is 5.91 Å². The molecule has 0 bridgehead atoms. The Hall–Kier alpha value is -3.48.